The molecule has 0 radical (unpaired) electrons. The van der Waals surface area contributed by atoms with Crippen LogP contribution in [0.15, 0.2) is 77.7 Å². The summed E-state index contributed by atoms with van der Waals surface area (Å²) in [7, 11) is -3.71. The maximum Gasteiger partial charge on any atom is 0.261 e. The second-order valence-electron chi connectivity index (χ2n) is 5.91. The van der Waals surface area contributed by atoms with Crippen molar-refractivity contribution in [1.82, 2.24) is 0 Å². The first kappa shape index (κ1) is 19.4. The van der Waals surface area contributed by atoms with Crippen molar-refractivity contribution in [1.29, 1.82) is 0 Å². The van der Waals surface area contributed by atoms with Crippen LogP contribution in [-0.4, -0.2) is 14.3 Å². The van der Waals surface area contributed by atoms with Crippen molar-refractivity contribution in [2.75, 3.05) is 10.0 Å². The third-order valence-electron chi connectivity index (χ3n) is 3.89. The number of rotatable bonds is 5. The zero-order chi connectivity index (χ0) is 19.4. The number of aryl methyl sites for hydroxylation is 1. The highest BCUT2D eigenvalue weighted by molar-refractivity contribution is 14.1. The van der Waals surface area contributed by atoms with Crippen LogP contribution in [0.25, 0.3) is 0 Å². The van der Waals surface area contributed by atoms with Crippen LogP contribution in [-0.2, 0) is 10.0 Å². The molecule has 0 saturated heterocycles. The average Bonchev–Trinajstić information content (AvgIpc) is 2.65. The van der Waals surface area contributed by atoms with Gasteiger partial charge in [-0.3, -0.25) is 9.52 Å². The zero-order valence-corrected chi connectivity index (χ0v) is 17.4. The number of amides is 1. The molecule has 0 aromatic heterocycles. The highest BCUT2D eigenvalue weighted by Crippen LogP contribution is 2.23. The largest absolute Gasteiger partial charge is 0.322 e. The van der Waals surface area contributed by atoms with Gasteiger partial charge in [0.05, 0.1) is 4.90 Å². The van der Waals surface area contributed by atoms with Crippen molar-refractivity contribution in [3.63, 3.8) is 0 Å². The molecule has 0 spiro atoms. The van der Waals surface area contributed by atoms with Crippen LogP contribution in [0.4, 0.5) is 11.4 Å². The first-order valence-corrected chi connectivity index (χ1v) is 10.7. The van der Waals surface area contributed by atoms with Crippen molar-refractivity contribution < 1.29 is 13.2 Å². The summed E-state index contributed by atoms with van der Waals surface area (Å²) in [6, 6.07) is 20.5. The molecule has 0 saturated carbocycles. The van der Waals surface area contributed by atoms with Crippen LogP contribution < -0.4 is 10.0 Å². The Labute approximate surface area is 172 Å². The van der Waals surface area contributed by atoms with Crippen molar-refractivity contribution in [2.45, 2.75) is 11.8 Å². The van der Waals surface area contributed by atoms with Gasteiger partial charge in [0.15, 0.2) is 0 Å². The molecule has 7 heteroatoms. The van der Waals surface area contributed by atoms with E-state index in [1.54, 1.807) is 49.4 Å². The van der Waals surface area contributed by atoms with Gasteiger partial charge in [0, 0.05) is 20.5 Å². The molecule has 0 fully saturated rings. The van der Waals surface area contributed by atoms with Gasteiger partial charge in [-0.2, -0.15) is 0 Å². The third kappa shape index (κ3) is 4.86. The van der Waals surface area contributed by atoms with Gasteiger partial charge >= 0.3 is 0 Å². The van der Waals surface area contributed by atoms with Crippen LogP contribution in [0.2, 0.25) is 0 Å². The van der Waals surface area contributed by atoms with Crippen LogP contribution >= 0.6 is 22.6 Å². The van der Waals surface area contributed by atoms with Gasteiger partial charge in [-0.15, -0.1) is 0 Å². The SMILES string of the molecule is Cc1cc(S(=O)(=O)Nc2ccc(I)cc2)ccc1NC(=O)c1ccccc1. The molecule has 0 aliphatic heterocycles. The molecule has 3 rings (SSSR count). The Morgan fingerprint density at radius 1 is 0.926 bits per heavy atom. The van der Waals surface area contributed by atoms with E-state index in [0.717, 1.165) is 3.57 Å². The standard InChI is InChI=1S/C20H17IN2O3S/c1-14-13-18(27(25,26)23-17-9-7-16(21)8-10-17)11-12-19(14)22-20(24)15-5-3-2-4-6-15/h2-13,23H,1H3,(H,22,24). The van der Waals surface area contributed by atoms with Gasteiger partial charge in [0.2, 0.25) is 0 Å². The average molecular weight is 492 g/mol. The maximum atomic E-state index is 12.6. The van der Waals surface area contributed by atoms with E-state index in [1.807, 2.05) is 18.2 Å². The molecule has 0 unspecified atom stereocenters. The van der Waals surface area contributed by atoms with E-state index in [9.17, 15) is 13.2 Å². The van der Waals surface area contributed by atoms with E-state index in [2.05, 4.69) is 32.6 Å². The second kappa shape index (κ2) is 8.10. The van der Waals surface area contributed by atoms with Gasteiger partial charge < -0.3 is 5.32 Å². The van der Waals surface area contributed by atoms with Crippen molar-refractivity contribution in [2.24, 2.45) is 0 Å². The van der Waals surface area contributed by atoms with E-state index < -0.39 is 10.0 Å². The molecule has 27 heavy (non-hydrogen) atoms. The predicted octanol–water partition coefficient (Wildman–Crippen LogP) is 4.65. The number of halogens is 1. The monoisotopic (exact) mass is 492 g/mol. The van der Waals surface area contributed by atoms with Crippen LogP contribution in [0, 0.1) is 10.5 Å². The molecule has 0 aliphatic carbocycles. The fourth-order valence-corrected chi connectivity index (χ4v) is 3.96. The third-order valence-corrected chi connectivity index (χ3v) is 5.99. The number of hydrogen-bond donors (Lipinski definition) is 2. The number of anilines is 2. The Balaban J connectivity index is 1.79. The van der Waals surface area contributed by atoms with Crippen LogP contribution in [0.5, 0.6) is 0 Å². The summed E-state index contributed by atoms with van der Waals surface area (Å²) in [6.07, 6.45) is 0. The molecular weight excluding hydrogens is 475 g/mol. The Morgan fingerprint density at radius 3 is 2.22 bits per heavy atom. The van der Waals surface area contributed by atoms with Crippen molar-refractivity contribution in [3.8, 4) is 0 Å². The topological polar surface area (TPSA) is 75.3 Å². The lowest BCUT2D eigenvalue weighted by Crippen LogP contribution is -2.15. The lowest BCUT2D eigenvalue weighted by Gasteiger charge is -2.12. The van der Waals surface area contributed by atoms with E-state index in [-0.39, 0.29) is 10.8 Å². The number of benzene rings is 3. The highest BCUT2D eigenvalue weighted by atomic mass is 127. The number of hydrogen-bond acceptors (Lipinski definition) is 3. The second-order valence-corrected chi connectivity index (χ2v) is 8.84. The summed E-state index contributed by atoms with van der Waals surface area (Å²) >= 11 is 2.16. The van der Waals surface area contributed by atoms with Gasteiger partial charge in [0.1, 0.15) is 0 Å². The summed E-state index contributed by atoms with van der Waals surface area (Å²) in [5.74, 6) is -0.244. The Kier molecular flexibility index (Phi) is 5.81. The number of carbonyl (C=O) groups is 1. The summed E-state index contributed by atoms with van der Waals surface area (Å²) in [5.41, 5.74) is 2.25. The van der Waals surface area contributed by atoms with Gasteiger partial charge in [0.25, 0.3) is 15.9 Å². The molecule has 3 aromatic carbocycles. The molecule has 0 atom stereocenters. The van der Waals surface area contributed by atoms with Crippen LogP contribution in [0.3, 0.4) is 0 Å². The van der Waals surface area contributed by atoms with Crippen LogP contribution in [0.1, 0.15) is 15.9 Å². The van der Waals surface area contributed by atoms with Gasteiger partial charge in [-0.1, -0.05) is 18.2 Å². The highest BCUT2D eigenvalue weighted by Gasteiger charge is 2.16. The smallest absolute Gasteiger partial charge is 0.261 e. The van der Waals surface area contributed by atoms with E-state index >= 15 is 0 Å². The molecule has 1 amide bonds. The molecule has 0 heterocycles. The molecule has 5 nitrogen and oxygen atoms in total. The molecule has 0 bridgehead atoms. The first-order chi connectivity index (χ1) is 12.8. The quantitative estimate of drug-likeness (QED) is 0.510. The van der Waals surface area contributed by atoms with Gasteiger partial charge in [-0.05, 0) is 89.7 Å². The Bertz CT molecular complexity index is 1070. The Morgan fingerprint density at radius 2 is 1.59 bits per heavy atom. The van der Waals surface area contributed by atoms with Gasteiger partial charge in [-0.25, -0.2) is 8.42 Å². The number of nitrogens with one attached hydrogen (secondary N) is 2. The summed E-state index contributed by atoms with van der Waals surface area (Å²) < 4.78 is 28.8. The van der Waals surface area contributed by atoms with Crippen molar-refractivity contribution in [3.05, 3.63) is 87.5 Å². The lowest BCUT2D eigenvalue weighted by atomic mass is 10.1. The first-order valence-electron chi connectivity index (χ1n) is 8.10. The summed E-state index contributed by atoms with van der Waals surface area (Å²) in [5, 5.41) is 2.81. The normalized spacial score (nSPS) is 11.0. The minimum Gasteiger partial charge on any atom is -0.322 e. The molecular formula is C20H17IN2O3S. The fourth-order valence-electron chi connectivity index (χ4n) is 2.46. The lowest BCUT2D eigenvalue weighted by molar-refractivity contribution is 0.102. The zero-order valence-electron chi connectivity index (χ0n) is 14.4. The molecule has 2 N–H and O–H groups in total. The minimum atomic E-state index is -3.71. The summed E-state index contributed by atoms with van der Waals surface area (Å²) in [4.78, 5) is 12.4. The predicted molar refractivity (Wildman–Crippen MR) is 116 cm³/mol. The molecule has 138 valence electrons. The minimum absolute atomic E-state index is 0.135. The molecule has 3 aromatic rings. The van der Waals surface area contributed by atoms with Crippen molar-refractivity contribution >= 4 is 49.9 Å². The summed E-state index contributed by atoms with van der Waals surface area (Å²) in [6.45, 7) is 1.75. The number of sulfonamides is 1. The van der Waals surface area contributed by atoms with E-state index in [1.165, 1.54) is 12.1 Å². The maximum absolute atomic E-state index is 12.6. The Hall–Kier alpha value is -2.39. The number of carbonyl (C=O) groups excluding carboxylic acids is 1. The van der Waals surface area contributed by atoms with E-state index in [0.29, 0.717) is 22.5 Å². The van der Waals surface area contributed by atoms with E-state index in [4.69, 9.17) is 0 Å². The fraction of sp³-hybridized carbons (Fsp3) is 0.0500. The molecule has 0 aliphatic rings.